The molecular weight excluding hydrogens is 283 g/mol. The highest BCUT2D eigenvalue weighted by atomic mass is 32.5. The third-order valence-corrected chi connectivity index (χ3v) is 4.17. The van der Waals surface area contributed by atoms with E-state index in [1.54, 1.807) is 0 Å². The SMILES string of the molecule is COC(=O)/C=C(/CC(=O)OC)OP(=S)(OC)OC. The van der Waals surface area contributed by atoms with Crippen molar-refractivity contribution < 1.29 is 32.6 Å². The van der Waals surface area contributed by atoms with Crippen LogP contribution in [0.1, 0.15) is 6.42 Å². The van der Waals surface area contributed by atoms with E-state index in [9.17, 15) is 9.59 Å². The van der Waals surface area contributed by atoms with Crippen LogP contribution in [0.2, 0.25) is 0 Å². The van der Waals surface area contributed by atoms with Crippen LogP contribution < -0.4 is 0 Å². The van der Waals surface area contributed by atoms with Gasteiger partial charge in [-0.15, -0.1) is 0 Å². The summed E-state index contributed by atoms with van der Waals surface area (Å²) in [7, 11) is 5.01. The summed E-state index contributed by atoms with van der Waals surface area (Å²) in [4.78, 5) is 22.3. The van der Waals surface area contributed by atoms with Crippen LogP contribution in [0.3, 0.4) is 0 Å². The van der Waals surface area contributed by atoms with Crippen LogP contribution in [0.25, 0.3) is 0 Å². The molecule has 0 fully saturated rings. The summed E-state index contributed by atoms with van der Waals surface area (Å²) in [6.45, 7) is -3.02. The second-order valence-corrected chi connectivity index (χ2v) is 5.94. The summed E-state index contributed by atoms with van der Waals surface area (Å²) in [5.74, 6) is -1.33. The zero-order chi connectivity index (χ0) is 14.2. The van der Waals surface area contributed by atoms with Crippen molar-refractivity contribution in [3.8, 4) is 0 Å². The van der Waals surface area contributed by atoms with Crippen molar-refractivity contribution in [3.63, 3.8) is 0 Å². The molecule has 0 bridgehead atoms. The Kier molecular flexibility index (Phi) is 7.77. The third-order valence-electron chi connectivity index (χ3n) is 1.70. The molecule has 0 amide bonds. The zero-order valence-corrected chi connectivity index (χ0v) is 12.2. The lowest BCUT2D eigenvalue weighted by atomic mass is 10.3. The molecule has 0 N–H and O–H groups in total. The zero-order valence-electron chi connectivity index (χ0n) is 10.5. The molecular formula is C9H15O7PS. The van der Waals surface area contributed by atoms with E-state index in [2.05, 4.69) is 9.47 Å². The lowest BCUT2D eigenvalue weighted by molar-refractivity contribution is -0.140. The predicted octanol–water partition coefficient (Wildman–Crippen LogP) is 1.14. The highest BCUT2D eigenvalue weighted by molar-refractivity contribution is 8.07. The van der Waals surface area contributed by atoms with Crippen LogP contribution in [0.15, 0.2) is 11.8 Å². The van der Waals surface area contributed by atoms with Gasteiger partial charge >= 0.3 is 18.7 Å². The molecule has 7 nitrogen and oxygen atoms in total. The smallest absolute Gasteiger partial charge is 0.379 e. The summed E-state index contributed by atoms with van der Waals surface area (Å²) >= 11 is 4.96. The van der Waals surface area contributed by atoms with Crippen LogP contribution in [-0.2, 0) is 44.4 Å². The van der Waals surface area contributed by atoms with Gasteiger partial charge in [-0.25, -0.2) is 4.79 Å². The van der Waals surface area contributed by atoms with E-state index in [4.69, 9.17) is 25.4 Å². The molecule has 0 aliphatic heterocycles. The number of carbonyl (C=O) groups excluding carboxylic acids is 2. The Morgan fingerprint density at radius 3 is 2.06 bits per heavy atom. The molecule has 104 valence electrons. The molecule has 0 aromatic heterocycles. The van der Waals surface area contributed by atoms with Crippen LogP contribution in [0, 0.1) is 0 Å². The van der Waals surface area contributed by atoms with Crippen molar-refractivity contribution in [2.75, 3.05) is 28.4 Å². The average molecular weight is 298 g/mol. The second-order valence-electron chi connectivity index (χ2n) is 2.79. The van der Waals surface area contributed by atoms with E-state index in [1.165, 1.54) is 28.4 Å². The largest absolute Gasteiger partial charge is 0.469 e. The van der Waals surface area contributed by atoms with Crippen molar-refractivity contribution in [2.24, 2.45) is 0 Å². The second kappa shape index (κ2) is 8.20. The minimum Gasteiger partial charge on any atom is -0.469 e. The standard InChI is InChI=1S/C9H15O7PS/c1-12-8(10)5-7(6-9(11)13-2)16-17(18,14-3)15-4/h5H,6H2,1-4H3/b7-5-. The summed E-state index contributed by atoms with van der Waals surface area (Å²) in [6.07, 6.45) is 0.701. The van der Waals surface area contributed by atoms with Gasteiger partial charge in [-0.3, -0.25) is 4.79 Å². The molecule has 0 aliphatic rings. The number of rotatable bonds is 7. The van der Waals surface area contributed by atoms with Gasteiger partial charge in [0, 0.05) is 26.0 Å². The van der Waals surface area contributed by atoms with Gasteiger partial charge in [0.1, 0.15) is 12.2 Å². The van der Waals surface area contributed by atoms with Crippen molar-refractivity contribution in [2.45, 2.75) is 6.42 Å². The number of ether oxygens (including phenoxy) is 2. The van der Waals surface area contributed by atoms with Crippen LogP contribution in [0.4, 0.5) is 0 Å². The molecule has 0 aliphatic carbocycles. The van der Waals surface area contributed by atoms with Gasteiger partial charge in [0.15, 0.2) is 0 Å². The summed E-state index contributed by atoms with van der Waals surface area (Å²) in [5, 5.41) is 0. The number of carbonyl (C=O) groups is 2. The first-order valence-corrected chi connectivity index (χ1v) is 7.22. The predicted molar refractivity (Wildman–Crippen MR) is 66.1 cm³/mol. The van der Waals surface area contributed by atoms with Gasteiger partial charge in [-0.1, -0.05) is 0 Å². The van der Waals surface area contributed by atoms with Crippen LogP contribution in [-0.4, -0.2) is 40.4 Å². The fourth-order valence-electron chi connectivity index (χ4n) is 0.807. The number of methoxy groups -OCH3 is 2. The Labute approximate surface area is 110 Å². The van der Waals surface area contributed by atoms with E-state index >= 15 is 0 Å². The van der Waals surface area contributed by atoms with Gasteiger partial charge in [0.2, 0.25) is 0 Å². The Balaban J connectivity index is 4.99. The van der Waals surface area contributed by atoms with Gasteiger partial charge in [0.25, 0.3) is 0 Å². The van der Waals surface area contributed by atoms with E-state index in [0.29, 0.717) is 0 Å². The molecule has 0 spiro atoms. The maximum atomic E-state index is 11.2. The Morgan fingerprint density at radius 1 is 1.11 bits per heavy atom. The maximum Gasteiger partial charge on any atom is 0.379 e. The fraction of sp³-hybridized carbons (Fsp3) is 0.556. The molecule has 0 radical (unpaired) electrons. The molecule has 0 saturated heterocycles. The molecule has 0 atom stereocenters. The lowest BCUT2D eigenvalue weighted by Crippen LogP contribution is -2.07. The van der Waals surface area contributed by atoms with Gasteiger partial charge in [-0.2, -0.15) is 0 Å². The molecule has 0 heterocycles. The molecule has 0 saturated carbocycles. The van der Waals surface area contributed by atoms with Crippen LogP contribution >= 0.6 is 6.72 Å². The highest BCUT2D eigenvalue weighted by Crippen LogP contribution is 2.50. The minimum atomic E-state index is -3.02. The molecule has 0 aromatic carbocycles. The van der Waals surface area contributed by atoms with Crippen molar-refractivity contribution in [1.29, 1.82) is 0 Å². The number of hydrogen-bond donors (Lipinski definition) is 0. The molecule has 0 rings (SSSR count). The molecule has 0 aromatic rings. The number of esters is 2. The van der Waals surface area contributed by atoms with Gasteiger partial charge in [-0.05, 0) is 0 Å². The normalized spacial score (nSPS) is 11.9. The fourth-order valence-corrected chi connectivity index (χ4v) is 1.80. The number of hydrogen-bond acceptors (Lipinski definition) is 8. The van der Waals surface area contributed by atoms with Gasteiger partial charge in [0.05, 0.1) is 20.3 Å². The molecule has 9 heteroatoms. The quantitative estimate of drug-likeness (QED) is 0.299. The minimum absolute atomic E-state index is 0.0410. The third kappa shape index (κ3) is 6.11. The highest BCUT2D eigenvalue weighted by Gasteiger charge is 2.22. The first kappa shape index (κ1) is 17.1. The monoisotopic (exact) mass is 298 g/mol. The van der Waals surface area contributed by atoms with Crippen molar-refractivity contribution in [3.05, 3.63) is 11.8 Å². The molecule has 18 heavy (non-hydrogen) atoms. The summed E-state index contributed by atoms with van der Waals surface area (Å²) < 4.78 is 23.9. The first-order chi connectivity index (χ1) is 8.40. The summed E-state index contributed by atoms with van der Waals surface area (Å²) in [6, 6.07) is 0. The van der Waals surface area contributed by atoms with E-state index < -0.39 is 18.7 Å². The Morgan fingerprint density at radius 2 is 1.67 bits per heavy atom. The van der Waals surface area contributed by atoms with E-state index in [1.807, 2.05) is 0 Å². The van der Waals surface area contributed by atoms with Crippen molar-refractivity contribution >= 4 is 30.5 Å². The van der Waals surface area contributed by atoms with Crippen LogP contribution in [0.5, 0.6) is 0 Å². The van der Waals surface area contributed by atoms with E-state index in [0.717, 1.165) is 6.08 Å². The molecule has 0 unspecified atom stereocenters. The van der Waals surface area contributed by atoms with Gasteiger partial charge < -0.3 is 23.0 Å². The maximum absolute atomic E-state index is 11.2. The van der Waals surface area contributed by atoms with Crippen molar-refractivity contribution in [1.82, 2.24) is 0 Å². The summed E-state index contributed by atoms with van der Waals surface area (Å²) in [5.41, 5.74) is 0. The first-order valence-electron chi connectivity index (χ1n) is 4.67. The Hall–Kier alpha value is -0.950. The van der Waals surface area contributed by atoms with E-state index in [-0.39, 0.29) is 12.2 Å². The lowest BCUT2D eigenvalue weighted by Gasteiger charge is -2.19. The Bertz CT molecular complexity index is 371. The average Bonchev–Trinajstić information content (AvgIpc) is 2.37. The topological polar surface area (TPSA) is 80.3 Å².